The summed E-state index contributed by atoms with van der Waals surface area (Å²) in [5.74, 6) is 0.796. The highest BCUT2D eigenvalue weighted by atomic mass is 35.5. The van der Waals surface area contributed by atoms with E-state index in [1.807, 2.05) is 18.3 Å². The Labute approximate surface area is 178 Å². The number of nitrogens with zero attached hydrogens (tertiary/aromatic N) is 4. The highest BCUT2D eigenvalue weighted by Gasteiger charge is 2.14. The lowest BCUT2D eigenvalue weighted by atomic mass is 10.1. The van der Waals surface area contributed by atoms with Crippen molar-refractivity contribution in [3.63, 3.8) is 0 Å². The standard InChI is InChI=1S/C22H20ClN5O2/c1-16-4-2-3-5-17(16)14-27-13-11-21(26-27)25-22(29)20-10-12-24-28(20)15-30-19-8-6-18(23)7-9-19/h2-13H,14-15H2,1H3,(H,25,26,29). The quantitative estimate of drug-likeness (QED) is 0.480. The minimum absolute atomic E-state index is 0.0963. The number of carbonyl (C=O) groups excluding carboxylic acids is 1. The summed E-state index contributed by atoms with van der Waals surface area (Å²) in [5, 5.41) is 12.0. The zero-order valence-corrected chi connectivity index (χ0v) is 17.1. The maximum absolute atomic E-state index is 12.7. The Morgan fingerprint density at radius 3 is 2.70 bits per heavy atom. The Morgan fingerprint density at radius 1 is 1.10 bits per heavy atom. The van der Waals surface area contributed by atoms with Crippen LogP contribution in [0.2, 0.25) is 5.02 Å². The van der Waals surface area contributed by atoms with Gasteiger partial charge in [0.05, 0.1) is 6.54 Å². The van der Waals surface area contributed by atoms with Gasteiger partial charge in [0, 0.05) is 23.5 Å². The molecule has 4 aromatic rings. The normalized spacial score (nSPS) is 10.7. The molecule has 1 amide bonds. The highest BCUT2D eigenvalue weighted by molar-refractivity contribution is 6.30. The van der Waals surface area contributed by atoms with Gasteiger partial charge in [0.2, 0.25) is 0 Å². The van der Waals surface area contributed by atoms with Gasteiger partial charge in [0.25, 0.3) is 5.91 Å². The number of ether oxygens (including phenoxy) is 1. The summed E-state index contributed by atoms with van der Waals surface area (Å²) in [6.07, 6.45) is 3.39. The van der Waals surface area contributed by atoms with E-state index < -0.39 is 0 Å². The lowest BCUT2D eigenvalue weighted by molar-refractivity contribution is 0.100. The maximum atomic E-state index is 12.7. The van der Waals surface area contributed by atoms with E-state index in [1.54, 1.807) is 47.3 Å². The Kier molecular flexibility index (Phi) is 5.81. The molecule has 0 unspecified atom stereocenters. The number of benzene rings is 2. The molecule has 0 spiro atoms. The highest BCUT2D eigenvalue weighted by Crippen LogP contribution is 2.16. The third kappa shape index (κ3) is 4.69. The topological polar surface area (TPSA) is 74.0 Å². The molecule has 30 heavy (non-hydrogen) atoms. The predicted octanol–water partition coefficient (Wildman–Crippen LogP) is 4.38. The van der Waals surface area contributed by atoms with Crippen LogP contribution < -0.4 is 10.1 Å². The van der Waals surface area contributed by atoms with Crippen molar-refractivity contribution in [2.45, 2.75) is 20.2 Å². The van der Waals surface area contributed by atoms with Crippen LogP contribution in [0.5, 0.6) is 5.75 Å². The molecular weight excluding hydrogens is 402 g/mol. The molecule has 0 saturated carbocycles. The molecule has 0 saturated heterocycles. The van der Waals surface area contributed by atoms with Gasteiger partial charge in [-0.25, -0.2) is 4.68 Å². The summed E-state index contributed by atoms with van der Waals surface area (Å²) in [4.78, 5) is 12.7. The van der Waals surface area contributed by atoms with Crippen LogP contribution in [0.1, 0.15) is 21.6 Å². The molecule has 2 aromatic carbocycles. The van der Waals surface area contributed by atoms with Gasteiger partial charge < -0.3 is 10.1 Å². The smallest absolute Gasteiger partial charge is 0.275 e. The summed E-state index contributed by atoms with van der Waals surface area (Å²) < 4.78 is 8.94. The number of rotatable bonds is 7. The summed E-state index contributed by atoms with van der Waals surface area (Å²) >= 11 is 5.88. The van der Waals surface area contributed by atoms with Crippen LogP contribution in [-0.2, 0) is 13.3 Å². The summed E-state index contributed by atoms with van der Waals surface area (Å²) in [6.45, 7) is 2.79. The van der Waals surface area contributed by atoms with Crippen molar-refractivity contribution < 1.29 is 9.53 Å². The van der Waals surface area contributed by atoms with Gasteiger partial charge >= 0.3 is 0 Å². The number of anilines is 1. The van der Waals surface area contributed by atoms with Crippen LogP contribution in [0.3, 0.4) is 0 Å². The van der Waals surface area contributed by atoms with Gasteiger partial charge in [-0.05, 0) is 48.4 Å². The van der Waals surface area contributed by atoms with Crippen LogP contribution in [0.4, 0.5) is 5.82 Å². The molecule has 2 aromatic heterocycles. The second kappa shape index (κ2) is 8.84. The van der Waals surface area contributed by atoms with Crippen LogP contribution in [0.25, 0.3) is 0 Å². The lowest BCUT2D eigenvalue weighted by Gasteiger charge is -2.09. The van der Waals surface area contributed by atoms with Gasteiger partial charge in [0.1, 0.15) is 11.4 Å². The summed E-state index contributed by atoms with van der Waals surface area (Å²) in [7, 11) is 0. The van der Waals surface area contributed by atoms with Crippen LogP contribution >= 0.6 is 11.6 Å². The molecule has 0 atom stereocenters. The Balaban J connectivity index is 1.39. The summed E-state index contributed by atoms with van der Waals surface area (Å²) in [6, 6.07) is 18.5. The zero-order chi connectivity index (χ0) is 20.9. The van der Waals surface area contributed by atoms with E-state index in [1.165, 1.54) is 15.8 Å². The van der Waals surface area contributed by atoms with Crippen molar-refractivity contribution >= 4 is 23.3 Å². The van der Waals surface area contributed by atoms with E-state index in [0.717, 1.165) is 0 Å². The van der Waals surface area contributed by atoms with Crippen LogP contribution in [0.15, 0.2) is 73.1 Å². The molecule has 8 heteroatoms. The zero-order valence-electron chi connectivity index (χ0n) is 16.3. The fourth-order valence-electron chi connectivity index (χ4n) is 2.95. The first-order valence-electron chi connectivity index (χ1n) is 9.38. The van der Waals surface area contributed by atoms with E-state index in [4.69, 9.17) is 16.3 Å². The first-order valence-corrected chi connectivity index (χ1v) is 9.76. The van der Waals surface area contributed by atoms with Gasteiger partial charge in [0.15, 0.2) is 12.5 Å². The third-order valence-corrected chi connectivity index (χ3v) is 4.84. The van der Waals surface area contributed by atoms with E-state index in [0.29, 0.717) is 28.8 Å². The minimum atomic E-state index is -0.312. The fraction of sp³-hybridized carbons (Fsp3) is 0.136. The molecule has 0 bridgehead atoms. The van der Waals surface area contributed by atoms with Gasteiger partial charge in [-0.1, -0.05) is 35.9 Å². The number of nitrogens with one attached hydrogen (secondary N) is 1. The first-order chi connectivity index (χ1) is 14.6. The van der Waals surface area contributed by atoms with Crippen molar-refractivity contribution in [3.05, 3.63) is 94.9 Å². The van der Waals surface area contributed by atoms with E-state index >= 15 is 0 Å². The van der Waals surface area contributed by atoms with Crippen molar-refractivity contribution in [1.82, 2.24) is 19.6 Å². The number of hydrogen-bond acceptors (Lipinski definition) is 4. The number of amides is 1. The van der Waals surface area contributed by atoms with Gasteiger partial charge in [-0.2, -0.15) is 10.2 Å². The minimum Gasteiger partial charge on any atom is -0.471 e. The first kappa shape index (κ1) is 19.7. The maximum Gasteiger partial charge on any atom is 0.275 e. The number of aryl methyl sites for hydroxylation is 1. The SMILES string of the molecule is Cc1ccccc1Cn1ccc(NC(=O)c2ccnn2COc2ccc(Cl)cc2)n1. The molecule has 7 nitrogen and oxygen atoms in total. The Bertz CT molecular complexity index is 1150. The van der Waals surface area contributed by atoms with E-state index in [9.17, 15) is 4.79 Å². The fourth-order valence-corrected chi connectivity index (χ4v) is 3.08. The van der Waals surface area contributed by atoms with E-state index in [2.05, 4.69) is 34.6 Å². The molecule has 0 radical (unpaired) electrons. The van der Waals surface area contributed by atoms with Crippen molar-refractivity contribution in [1.29, 1.82) is 0 Å². The number of halogens is 1. The van der Waals surface area contributed by atoms with E-state index in [-0.39, 0.29) is 12.6 Å². The van der Waals surface area contributed by atoms with Crippen molar-refractivity contribution in [3.8, 4) is 5.75 Å². The summed E-state index contributed by atoms with van der Waals surface area (Å²) in [5.41, 5.74) is 2.75. The molecule has 2 heterocycles. The Hall–Kier alpha value is -3.58. The second-order valence-corrected chi connectivity index (χ2v) is 7.16. The van der Waals surface area contributed by atoms with Gasteiger partial charge in [-0.3, -0.25) is 9.48 Å². The average molecular weight is 422 g/mol. The molecule has 0 fully saturated rings. The molecule has 0 aliphatic heterocycles. The second-order valence-electron chi connectivity index (χ2n) is 6.72. The lowest BCUT2D eigenvalue weighted by Crippen LogP contribution is -2.20. The third-order valence-electron chi connectivity index (χ3n) is 4.59. The monoisotopic (exact) mass is 421 g/mol. The average Bonchev–Trinajstić information content (AvgIpc) is 3.39. The van der Waals surface area contributed by atoms with Crippen molar-refractivity contribution in [2.24, 2.45) is 0 Å². The van der Waals surface area contributed by atoms with Crippen LogP contribution in [0, 0.1) is 6.92 Å². The van der Waals surface area contributed by atoms with Crippen molar-refractivity contribution in [2.75, 3.05) is 5.32 Å². The molecule has 0 aliphatic rings. The number of carbonyl (C=O) groups is 1. The Morgan fingerprint density at radius 2 is 1.90 bits per heavy atom. The molecule has 1 N–H and O–H groups in total. The largest absolute Gasteiger partial charge is 0.471 e. The molecular formula is C22H20ClN5O2. The van der Waals surface area contributed by atoms with Gasteiger partial charge in [-0.15, -0.1) is 0 Å². The predicted molar refractivity (Wildman–Crippen MR) is 115 cm³/mol. The number of aromatic nitrogens is 4. The molecule has 152 valence electrons. The molecule has 4 rings (SSSR count). The molecule has 0 aliphatic carbocycles. The van der Waals surface area contributed by atoms with Crippen LogP contribution in [-0.4, -0.2) is 25.5 Å². The number of hydrogen-bond donors (Lipinski definition) is 1.